The molecular formula is C20H25N3OS. The molecule has 0 bridgehead atoms. The van der Waals surface area contributed by atoms with Crippen LogP contribution in [0.2, 0.25) is 0 Å². The van der Waals surface area contributed by atoms with Crippen LogP contribution < -0.4 is 15.5 Å². The molecule has 2 aromatic rings. The fourth-order valence-electron chi connectivity index (χ4n) is 2.30. The quantitative estimate of drug-likeness (QED) is 0.811. The molecule has 132 valence electrons. The molecule has 2 rings (SSSR count). The first-order valence-electron chi connectivity index (χ1n) is 8.17. The molecule has 0 saturated carbocycles. The second-order valence-electron chi connectivity index (χ2n) is 7.18. The number of nitrogens with one attached hydrogen (secondary N) is 2. The van der Waals surface area contributed by atoms with Crippen LogP contribution in [0.1, 0.15) is 36.7 Å². The van der Waals surface area contributed by atoms with Gasteiger partial charge in [-0.15, -0.1) is 0 Å². The summed E-state index contributed by atoms with van der Waals surface area (Å²) < 4.78 is 0. The summed E-state index contributed by atoms with van der Waals surface area (Å²) in [5.74, 6) is -0.220. The van der Waals surface area contributed by atoms with Gasteiger partial charge in [0, 0.05) is 31.0 Å². The molecule has 0 spiro atoms. The van der Waals surface area contributed by atoms with Gasteiger partial charge in [0.2, 0.25) is 0 Å². The highest BCUT2D eigenvalue weighted by Gasteiger charge is 2.14. The van der Waals surface area contributed by atoms with Gasteiger partial charge in [-0.3, -0.25) is 10.1 Å². The van der Waals surface area contributed by atoms with Crippen LogP contribution in [0.5, 0.6) is 0 Å². The van der Waals surface area contributed by atoms with Crippen LogP contribution in [0.3, 0.4) is 0 Å². The van der Waals surface area contributed by atoms with E-state index in [4.69, 9.17) is 12.2 Å². The fraction of sp³-hybridized carbons (Fsp3) is 0.300. The summed E-state index contributed by atoms with van der Waals surface area (Å²) in [5.41, 5.74) is 3.76. The Balaban J connectivity index is 1.96. The van der Waals surface area contributed by atoms with Crippen LogP contribution in [-0.2, 0) is 5.41 Å². The summed E-state index contributed by atoms with van der Waals surface area (Å²) in [4.78, 5) is 14.3. The maximum Gasteiger partial charge on any atom is 0.257 e. The van der Waals surface area contributed by atoms with Crippen molar-refractivity contribution < 1.29 is 4.79 Å². The third-order valence-electron chi connectivity index (χ3n) is 3.88. The van der Waals surface area contributed by atoms with Gasteiger partial charge in [0.1, 0.15) is 0 Å². The summed E-state index contributed by atoms with van der Waals surface area (Å²) in [7, 11) is 3.97. The lowest BCUT2D eigenvalue weighted by Gasteiger charge is -2.19. The molecule has 25 heavy (non-hydrogen) atoms. The lowest BCUT2D eigenvalue weighted by molar-refractivity contribution is 0.0977. The van der Waals surface area contributed by atoms with E-state index in [1.807, 2.05) is 67.5 Å². The van der Waals surface area contributed by atoms with Crippen LogP contribution in [0, 0.1) is 0 Å². The van der Waals surface area contributed by atoms with Gasteiger partial charge >= 0.3 is 0 Å². The van der Waals surface area contributed by atoms with E-state index in [9.17, 15) is 4.79 Å². The number of rotatable bonds is 3. The largest absolute Gasteiger partial charge is 0.378 e. The first kappa shape index (κ1) is 18.9. The van der Waals surface area contributed by atoms with Crippen LogP contribution in [-0.4, -0.2) is 25.1 Å². The predicted molar refractivity (Wildman–Crippen MR) is 110 cm³/mol. The molecule has 0 unspecified atom stereocenters. The zero-order chi connectivity index (χ0) is 18.6. The smallest absolute Gasteiger partial charge is 0.257 e. The normalized spacial score (nSPS) is 10.9. The van der Waals surface area contributed by atoms with Crippen molar-refractivity contribution in [2.24, 2.45) is 0 Å². The number of amides is 1. The van der Waals surface area contributed by atoms with Crippen molar-refractivity contribution in [2.75, 3.05) is 24.3 Å². The van der Waals surface area contributed by atoms with Crippen LogP contribution in [0.15, 0.2) is 48.5 Å². The van der Waals surface area contributed by atoms with Gasteiger partial charge in [0.15, 0.2) is 5.11 Å². The Labute approximate surface area is 155 Å². The second kappa shape index (κ2) is 7.66. The molecule has 0 radical (unpaired) electrons. The van der Waals surface area contributed by atoms with E-state index in [0.29, 0.717) is 5.56 Å². The number of hydrogen-bond acceptors (Lipinski definition) is 3. The van der Waals surface area contributed by atoms with E-state index in [-0.39, 0.29) is 16.4 Å². The second-order valence-corrected chi connectivity index (χ2v) is 7.59. The Morgan fingerprint density at radius 3 is 2.00 bits per heavy atom. The van der Waals surface area contributed by atoms with E-state index >= 15 is 0 Å². The molecule has 0 heterocycles. The number of thiocarbonyl (C=S) groups is 1. The topological polar surface area (TPSA) is 44.4 Å². The van der Waals surface area contributed by atoms with E-state index in [1.165, 1.54) is 5.56 Å². The molecule has 0 aliphatic rings. The fourth-order valence-corrected chi connectivity index (χ4v) is 2.51. The lowest BCUT2D eigenvalue weighted by atomic mass is 9.87. The minimum atomic E-state index is -0.220. The monoisotopic (exact) mass is 355 g/mol. The standard InChI is InChI=1S/C20H25N3OS/c1-20(2,3)15-8-6-14(7-9-15)18(24)22-19(25)21-16-10-12-17(13-11-16)23(4)5/h6-13H,1-5H3,(H2,21,22,24,25). The van der Waals surface area contributed by atoms with Crippen molar-refractivity contribution in [3.63, 3.8) is 0 Å². The highest BCUT2D eigenvalue weighted by atomic mass is 32.1. The van der Waals surface area contributed by atoms with Crippen LogP contribution in [0.4, 0.5) is 11.4 Å². The first-order chi connectivity index (χ1) is 11.7. The molecular weight excluding hydrogens is 330 g/mol. The van der Waals surface area contributed by atoms with Crippen molar-refractivity contribution in [3.8, 4) is 0 Å². The van der Waals surface area contributed by atoms with Crippen molar-refractivity contribution >= 4 is 34.6 Å². The Morgan fingerprint density at radius 2 is 1.52 bits per heavy atom. The van der Waals surface area contributed by atoms with Gasteiger partial charge < -0.3 is 10.2 Å². The van der Waals surface area contributed by atoms with Gasteiger partial charge in [-0.25, -0.2) is 0 Å². The Bertz CT molecular complexity index is 744. The number of benzene rings is 2. The van der Waals surface area contributed by atoms with E-state index < -0.39 is 0 Å². The Kier molecular flexibility index (Phi) is 5.80. The van der Waals surface area contributed by atoms with Gasteiger partial charge in [-0.1, -0.05) is 32.9 Å². The maximum absolute atomic E-state index is 12.3. The summed E-state index contributed by atoms with van der Waals surface area (Å²) in [5, 5.41) is 6.02. The molecule has 0 aliphatic carbocycles. The van der Waals surface area contributed by atoms with E-state index in [2.05, 4.69) is 31.4 Å². The van der Waals surface area contributed by atoms with Gasteiger partial charge in [0.25, 0.3) is 5.91 Å². The Hall–Kier alpha value is -2.40. The maximum atomic E-state index is 12.3. The molecule has 1 amide bonds. The van der Waals surface area contributed by atoms with Gasteiger partial charge in [-0.05, 0) is 59.6 Å². The minimum Gasteiger partial charge on any atom is -0.378 e. The molecule has 5 heteroatoms. The molecule has 0 fully saturated rings. The van der Waals surface area contributed by atoms with Crippen molar-refractivity contribution in [3.05, 3.63) is 59.7 Å². The SMILES string of the molecule is CN(C)c1ccc(NC(=S)NC(=O)c2ccc(C(C)(C)C)cc2)cc1. The highest BCUT2D eigenvalue weighted by molar-refractivity contribution is 7.80. The average Bonchev–Trinajstić information content (AvgIpc) is 2.54. The van der Waals surface area contributed by atoms with Crippen LogP contribution >= 0.6 is 12.2 Å². The molecule has 0 aliphatic heterocycles. The van der Waals surface area contributed by atoms with Crippen LogP contribution in [0.25, 0.3) is 0 Å². The number of carbonyl (C=O) groups is 1. The lowest BCUT2D eigenvalue weighted by Crippen LogP contribution is -2.34. The third-order valence-corrected chi connectivity index (χ3v) is 4.09. The summed E-state index contributed by atoms with van der Waals surface area (Å²) in [6.45, 7) is 6.42. The van der Waals surface area contributed by atoms with Gasteiger partial charge in [0.05, 0.1) is 0 Å². The minimum absolute atomic E-state index is 0.0601. The number of anilines is 2. The third kappa shape index (κ3) is 5.29. The highest BCUT2D eigenvalue weighted by Crippen LogP contribution is 2.22. The first-order valence-corrected chi connectivity index (χ1v) is 8.58. The zero-order valence-electron chi connectivity index (χ0n) is 15.4. The van der Waals surface area contributed by atoms with Gasteiger partial charge in [-0.2, -0.15) is 0 Å². The predicted octanol–water partition coefficient (Wildman–Crippen LogP) is 4.18. The molecule has 2 N–H and O–H groups in total. The number of hydrogen-bond donors (Lipinski definition) is 2. The summed E-state index contributed by atoms with van der Waals surface area (Å²) in [6.07, 6.45) is 0. The van der Waals surface area contributed by atoms with E-state index in [1.54, 1.807) is 0 Å². The molecule has 2 aromatic carbocycles. The van der Waals surface area contributed by atoms with Crippen molar-refractivity contribution in [1.29, 1.82) is 0 Å². The average molecular weight is 356 g/mol. The molecule has 0 aromatic heterocycles. The summed E-state index contributed by atoms with van der Waals surface area (Å²) in [6, 6.07) is 15.4. The summed E-state index contributed by atoms with van der Waals surface area (Å²) >= 11 is 5.23. The molecule has 0 atom stereocenters. The molecule has 0 saturated heterocycles. The number of nitrogens with zero attached hydrogens (tertiary/aromatic N) is 1. The van der Waals surface area contributed by atoms with E-state index in [0.717, 1.165) is 11.4 Å². The molecule has 4 nitrogen and oxygen atoms in total. The Morgan fingerprint density at radius 1 is 0.960 bits per heavy atom. The number of carbonyl (C=O) groups excluding carboxylic acids is 1. The zero-order valence-corrected chi connectivity index (χ0v) is 16.2. The van der Waals surface area contributed by atoms with Crippen molar-refractivity contribution in [1.82, 2.24) is 5.32 Å². The van der Waals surface area contributed by atoms with Crippen molar-refractivity contribution in [2.45, 2.75) is 26.2 Å².